The van der Waals surface area contributed by atoms with Gasteiger partial charge in [0, 0.05) is 6.20 Å². The predicted molar refractivity (Wildman–Crippen MR) is 59.2 cm³/mol. The van der Waals surface area contributed by atoms with E-state index in [9.17, 15) is 18.3 Å². The first-order valence-electron chi connectivity index (χ1n) is 5.29. The molecule has 0 spiro atoms. The van der Waals surface area contributed by atoms with Crippen LogP contribution in [0.2, 0.25) is 0 Å². The molecule has 2 aromatic rings. The molecular weight excluding hydrogens is 245 g/mol. The highest BCUT2D eigenvalue weighted by molar-refractivity contribution is 5.34. The zero-order chi connectivity index (χ0) is 13.3. The number of rotatable bonds is 2. The van der Waals surface area contributed by atoms with Crippen LogP contribution < -0.4 is 0 Å². The van der Waals surface area contributed by atoms with Crippen LogP contribution in [0.25, 0.3) is 5.69 Å². The van der Waals surface area contributed by atoms with Gasteiger partial charge in [-0.2, -0.15) is 18.3 Å². The Morgan fingerprint density at radius 3 is 2.22 bits per heavy atom. The SMILES string of the molecule is C[C@@H](O)c1ccc(-n2ccc(C(F)(F)F)n2)cc1. The molecule has 96 valence electrons. The van der Waals surface area contributed by atoms with Crippen LogP contribution in [0.1, 0.15) is 24.3 Å². The summed E-state index contributed by atoms with van der Waals surface area (Å²) in [7, 11) is 0. The molecule has 1 atom stereocenters. The molecule has 0 aliphatic carbocycles. The molecule has 1 N–H and O–H groups in total. The molecule has 18 heavy (non-hydrogen) atoms. The number of aliphatic hydroxyl groups excluding tert-OH is 1. The van der Waals surface area contributed by atoms with Crippen molar-refractivity contribution in [2.45, 2.75) is 19.2 Å². The van der Waals surface area contributed by atoms with Crippen molar-refractivity contribution >= 4 is 0 Å². The van der Waals surface area contributed by atoms with Crippen molar-refractivity contribution in [2.24, 2.45) is 0 Å². The normalized spacial score (nSPS) is 13.6. The Labute approximate surface area is 101 Å². The fourth-order valence-corrected chi connectivity index (χ4v) is 1.52. The highest BCUT2D eigenvalue weighted by Crippen LogP contribution is 2.28. The number of hydrogen-bond acceptors (Lipinski definition) is 2. The second-order valence-electron chi connectivity index (χ2n) is 3.91. The molecule has 0 bridgehead atoms. The van der Waals surface area contributed by atoms with Crippen LogP contribution in [-0.2, 0) is 6.18 Å². The average molecular weight is 256 g/mol. The van der Waals surface area contributed by atoms with Gasteiger partial charge in [0.1, 0.15) is 0 Å². The summed E-state index contributed by atoms with van der Waals surface area (Å²) in [4.78, 5) is 0. The minimum absolute atomic E-state index is 0.509. The smallest absolute Gasteiger partial charge is 0.389 e. The van der Waals surface area contributed by atoms with Crippen LogP contribution in [0.5, 0.6) is 0 Å². The lowest BCUT2D eigenvalue weighted by molar-refractivity contribution is -0.141. The van der Waals surface area contributed by atoms with E-state index in [1.807, 2.05) is 0 Å². The molecule has 0 radical (unpaired) electrons. The molecule has 0 aliphatic rings. The van der Waals surface area contributed by atoms with Crippen molar-refractivity contribution in [3.8, 4) is 5.69 Å². The molecule has 1 aromatic carbocycles. The van der Waals surface area contributed by atoms with Gasteiger partial charge < -0.3 is 5.11 Å². The van der Waals surface area contributed by atoms with Crippen molar-refractivity contribution in [1.82, 2.24) is 9.78 Å². The third-order valence-corrected chi connectivity index (χ3v) is 2.52. The lowest BCUT2D eigenvalue weighted by Gasteiger charge is -2.06. The number of hydrogen-bond donors (Lipinski definition) is 1. The van der Waals surface area contributed by atoms with Gasteiger partial charge in [0.15, 0.2) is 5.69 Å². The Kier molecular flexibility index (Phi) is 3.13. The monoisotopic (exact) mass is 256 g/mol. The first-order chi connectivity index (χ1) is 8.38. The van der Waals surface area contributed by atoms with E-state index in [-0.39, 0.29) is 0 Å². The summed E-state index contributed by atoms with van der Waals surface area (Å²) in [5.41, 5.74) is 0.277. The van der Waals surface area contributed by atoms with Gasteiger partial charge in [-0.15, -0.1) is 0 Å². The third-order valence-electron chi connectivity index (χ3n) is 2.52. The maximum atomic E-state index is 12.4. The Hall–Kier alpha value is -1.82. The Morgan fingerprint density at radius 1 is 1.17 bits per heavy atom. The van der Waals surface area contributed by atoms with E-state index in [2.05, 4.69) is 5.10 Å². The highest BCUT2D eigenvalue weighted by Gasteiger charge is 2.33. The van der Waals surface area contributed by atoms with E-state index in [1.165, 1.54) is 6.20 Å². The van der Waals surface area contributed by atoms with E-state index in [0.717, 1.165) is 10.7 Å². The lowest BCUT2D eigenvalue weighted by atomic mass is 10.1. The van der Waals surface area contributed by atoms with Gasteiger partial charge in [0.25, 0.3) is 0 Å². The Bertz CT molecular complexity index is 529. The summed E-state index contributed by atoms with van der Waals surface area (Å²) in [6, 6.07) is 7.43. The Morgan fingerprint density at radius 2 is 1.78 bits per heavy atom. The fourth-order valence-electron chi connectivity index (χ4n) is 1.52. The molecule has 0 aliphatic heterocycles. The summed E-state index contributed by atoms with van der Waals surface area (Å²) in [5, 5.41) is 12.8. The first kappa shape index (κ1) is 12.6. The zero-order valence-electron chi connectivity index (χ0n) is 9.52. The number of halogens is 3. The molecule has 0 amide bonds. The highest BCUT2D eigenvalue weighted by atomic mass is 19.4. The molecule has 2 rings (SSSR count). The van der Waals surface area contributed by atoms with Gasteiger partial charge in [-0.05, 0) is 30.7 Å². The molecule has 3 nitrogen and oxygen atoms in total. The number of alkyl halides is 3. The number of aliphatic hydroxyl groups is 1. The van der Waals surface area contributed by atoms with E-state index >= 15 is 0 Å². The summed E-state index contributed by atoms with van der Waals surface area (Å²) >= 11 is 0. The van der Waals surface area contributed by atoms with Crippen LogP contribution in [0.15, 0.2) is 36.5 Å². The quantitative estimate of drug-likeness (QED) is 0.897. The van der Waals surface area contributed by atoms with Crippen molar-refractivity contribution in [3.63, 3.8) is 0 Å². The minimum Gasteiger partial charge on any atom is -0.389 e. The van der Waals surface area contributed by atoms with Crippen LogP contribution in [0, 0.1) is 0 Å². The topological polar surface area (TPSA) is 38.0 Å². The third kappa shape index (κ3) is 2.53. The predicted octanol–water partition coefficient (Wildman–Crippen LogP) is 2.94. The molecular formula is C12H11F3N2O. The fraction of sp³-hybridized carbons (Fsp3) is 0.250. The molecule has 0 saturated carbocycles. The molecule has 0 unspecified atom stereocenters. The van der Waals surface area contributed by atoms with E-state index in [4.69, 9.17) is 0 Å². The van der Waals surface area contributed by atoms with Gasteiger partial charge in [-0.3, -0.25) is 0 Å². The zero-order valence-corrected chi connectivity index (χ0v) is 9.52. The van der Waals surface area contributed by atoms with Gasteiger partial charge in [-0.1, -0.05) is 12.1 Å². The van der Waals surface area contributed by atoms with Crippen LogP contribution in [0.4, 0.5) is 13.2 Å². The standard InChI is InChI=1S/C12H11F3N2O/c1-8(18)9-2-4-10(5-3-9)17-7-6-11(16-17)12(13,14)15/h2-8,18H,1H3/t8-/m1/s1. The van der Waals surface area contributed by atoms with Gasteiger partial charge in [-0.25, -0.2) is 4.68 Å². The van der Waals surface area contributed by atoms with Gasteiger partial charge in [0.05, 0.1) is 11.8 Å². The van der Waals surface area contributed by atoms with Crippen molar-refractivity contribution in [3.05, 3.63) is 47.8 Å². The summed E-state index contributed by atoms with van der Waals surface area (Å²) in [6.07, 6.45) is -3.80. The summed E-state index contributed by atoms with van der Waals surface area (Å²) < 4.78 is 38.3. The molecule has 0 fully saturated rings. The molecule has 0 saturated heterocycles. The van der Waals surface area contributed by atoms with Crippen LogP contribution in [0.3, 0.4) is 0 Å². The minimum atomic E-state index is -4.44. The van der Waals surface area contributed by atoms with Crippen molar-refractivity contribution in [2.75, 3.05) is 0 Å². The first-order valence-corrected chi connectivity index (χ1v) is 5.29. The molecule has 1 aromatic heterocycles. The molecule has 6 heteroatoms. The maximum Gasteiger partial charge on any atom is 0.435 e. The lowest BCUT2D eigenvalue weighted by Crippen LogP contribution is -2.07. The summed E-state index contributed by atoms with van der Waals surface area (Å²) in [5.74, 6) is 0. The average Bonchev–Trinajstić information content (AvgIpc) is 2.78. The summed E-state index contributed by atoms with van der Waals surface area (Å²) in [6.45, 7) is 1.62. The van der Waals surface area contributed by atoms with Crippen molar-refractivity contribution < 1.29 is 18.3 Å². The number of aromatic nitrogens is 2. The second kappa shape index (κ2) is 4.45. The largest absolute Gasteiger partial charge is 0.435 e. The van der Waals surface area contributed by atoms with Crippen LogP contribution in [-0.4, -0.2) is 14.9 Å². The second-order valence-corrected chi connectivity index (χ2v) is 3.91. The van der Waals surface area contributed by atoms with Gasteiger partial charge >= 0.3 is 6.18 Å². The van der Waals surface area contributed by atoms with Crippen molar-refractivity contribution in [1.29, 1.82) is 0 Å². The number of nitrogens with zero attached hydrogens (tertiary/aromatic N) is 2. The maximum absolute atomic E-state index is 12.4. The van der Waals surface area contributed by atoms with E-state index in [0.29, 0.717) is 11.3 Å². The van der Waals surface area contributed by atoms with E-state index < -0.39 is 18.0 Å². The van der Waals surface area contributed by atoms with Gasteiger partial charge in [0.2, 0.25) is 0 Å². The number of benzene rings is 1. The van der Waals surface area contributed by atoms with Crippen LogP contribution >= 0.6 is 0 Å². The Balaban J connectivity index is 2.29. The molecule has 1 heterocycles. The van der Waals surface area contributed by atoms with E-state index in [1.54, 1.807) is 31.2 Å².